The fourth-order valence-corrected chi connectivity index (χ4v) is 4.55. The third-order valence-electron chi connectivity index (χ3n) is 4.96. The zero-order valence-electron chi connectivity index (χ0n) is 15.5. The molecule has 1 aliphatic carbocycles. The van der Waals surface area contributed by atoms with Crippen LogP contribution in [0.3, 0.4) is 0 Å². The van der Waals surface area contributed by atoms with Crippen LogP contribution >= 0.6 is 11.8 Å². The third-order valence-corrected chi connectivity index (χ3v) is 6.37. The molecule has 8 heteroatoms. The first-order valence-electron chi connectivity index (χ1n) is 9.21. The number of aryl methyl sites for hydroxylation is 1. The molecule has 0 aromatic carbocycles. The van der Waals surface area contributed by atoms with Crippen molar-refractivity contribution in [3.05, 3.63) is 30.5 Å². The molecule has 26 heavy (non-hydrogen) atoms. The highest BCUT2D eigenvalue weighted by atomic mass is 32.2. The van der Waals surface area contributed by atoms with Gasteiger partial charge in [0.05, 0.1) is 11.4 Å². The van der Waals surface area contributed by atoms with Crippen LogP contribution < -0.4 is 5.32 Å². The second kappa shape index (κ2) is 7.26. The first-order valence-corrected chi connectivity index (χ1v) is 10.1. The normalized spacial score (nSPS) is 20.8. The number of imidazole rings is 1. The Hall–Kier alpha value is -2.09. The van der Waals surface area contributed by atoms with E-state index in [9.17, 15) is 0 Å². The minimum atomic E-state index is 0.368. The Morgan fingerprint density at radius 1 is 1.23 bits per heavy atom. The predicted octanol–water partition coefficient (Wildman–Crippen LogP) is 3.50. The van der Waals surface area contributed by atoms with Crippen LogP contribution in [0.1, 0.15) is 51.1 Å². The van der Waals surface area contributed by atoms with E-state index in [0.717, 1.165) is 35.0 Å². The molecule has 0 bridgehead atoms. The highest BCUT2D eigenvalue weighted by molar-refractivity contribution is 7.99. The van der Waals surface area contributed by atoms with Crippen LogP contribution in [0.25, 0.3) is 5.65 Å². The van der Waals surface area contributed by atoms with Crippen molar-refractivity contribution in [3.63, 3.8) is 0 Å². The molecule has 3 aromatic heterocycles. The van der Waals surface area contributed by atoms with Gasteiger partial charge in [0.15, 0.2) is 5.16 Å². The average Bonchev–Trinajstić information content (AvgIpc) is 3.26. The summed E-state index contributed by atoms with van der Waals surface area (Å²) in [7, 11) is 2.06. The minimum absolute atomic E-state index is 0.368. The lowest BCUT2D eigenvalue weighted by Gasteiger charge is -2.29. The van der Waals surface area contributed by atoms with Crippen molar-refractivity contribution in [2.75, 3.05) is 5.32 Å². The summed E-state index contributed by atoms with van der Waals surface area (Å²) in [6.07, 6.45) is 10.3. The number of fused-ring (bicyclic) bond motifs is 1. The van der Waals surface area contributed by atoms with Gasteiger partial charge in [-0.15, -0.1) is 10.2 Å². The van der Waals surface area contributed by atoms with Gasteiger partial charge < -0.3 is 9.88 Å². The number of rotatable bonds is 5. The summed E-state index contributed by atoms with van der Waals surface area (Å²) in [6, 6.07) is 2.60. The van der Waals surface area contributed by atoms with Gasteiger partial charge >= 0.3 is 0 Å². The molecule has 0 saturated heterocycles. The largest absolute Gasteiger partial charge is 0.379 e. The number of nitrogens with one attached hydrogen (secondary N) is 1. The highest BCUT2D eigenvalue weighted by Crippen LogP contribution is 2.34. The minimum Gasteiger partial charge on any atom is -0.379 e. The third kappa shape index (κ3) is 3.56. The van der Waals surface area contributed by atoms with Gasteiger partial charge in [-0.25, -0.2) is 4.98 Å². The van der Waals surface area contributed by atoms with Crippen LogP contribution in [-0.4, -0.2) is 40.7 Å². The van der Waals surface area contributed by atoms with E-state index in [-0.39, 0.29) is 0 Å². The summed E-state index contributed by atoms with van der Waals surface area (Å²) >= 11 is 1.90. The Balaban J connectivity index is 1.42. The first-order chi connectivity index (χ1) is 12.6. The molecule has 1 N–H and O–H groups in total. The molecule has 1 aliphatic rings. The zero-order valence-corrected chi connectivity index (χ0v) is 16.3. The van der Waals surface area contributed by atoms with Crippen LogP contribution in [0.15, 0.2) is 29.9 Å². The SMILES string of the molecule is CC(C)c1cc(NC2CCC(Sc3nccn3C)CC2)c2nncn2n1. The number of hydrogen-bond acceptors (Lipinski definition) is 6. The lowest BCUT2D eigenvalue weighted by atomic mass is 9.95. The Bertz CT molecular complexity index is 877. The Kier molecular flexibility index (Phi) is 4.84. The molecule has 1 saturated carbocycles. The number of hydrogen-bond donors (Lipinski definition) is 1. The van der Waals surface area contributed by atoms with Crippen LogP contribution in [0.4, 0.5) is 5.69 Å². The summed E-state index contributed by atoms with van der Waals surface area (Å²) in [4.78, 5) is 4.44. The molecule has 0 atom stereocenters. The van der Waals surface area contributed by atoms with Crippen molar-refractivity contribution in [2.45, 2.75) is 61.9 Å². The maximum absolute atomic E-state index is 4.59. The van der Waals surface area contributed by atoms with Gasteiger partial charge in [0.2, 0.25) is 5.65 Å². The van der Waals surface area contributed by atoms with E-state index >= 15 is 0 Å². The van der Waals surface area contributed by atoms with Crippen LogP contribution in [-0.2, 0) is 7.05 Å². The van der Waals surface area contributed by atoms with Gasteiger partial charge in [0.25, 0.3) is 0 Å². The van der Waals surface area contributed by atoms with Gasteiger partial charge in [-0.2, -0.15) is 9.61 Å². The second-order valence-electron chi connectivity index (χ2n) is 7.29. The molecular formula is C18H25N7S. The van der Waals surface area contributed by atoms with Crippen LogP contribution in [0.2, 0.25) is 0 Å². The molecule has 0 unspecified atom stereocenters. The number of thioether (sulfide) groups is 1. The van der Waals surface area contributed by atoms with Crippen molar-refractivity contribution in [1.82, 2.24) is 29.4 Å². The molecular weight excluding hydrogens is 346 g/mol. The van der Waals surface area contributed by atoms with E-state index in [1.54, 1.807) is 10.8 Å². The summed E-state index contributed by atoms with van der Waals surface area (Å²) in [5.41, 5.74) is 2.90. The topological polar surface area (TPSA) is 72.9 Å². The molecule has 3 heterocycles. The second-order valence-corrected chi connectivity index (χ2v) is 8.56. The van der Waals surface area contributed by atoms with Crippen molar-refractivity contribution >= 4 is 23.1 Å². The molecule has 0 amide bonds. The lowest BCUT2D eigenvalue weighted by molar-refractivity contribution is 0.472. The van der Waals surface area contributed by atoms with Gasteiger partial charge in [-0.1, -0.05) is 25.6 Å². The lowest BCUT2D eigenvalue weighted by Crippen LogP contribution is -2.27. The van der Waals surface area contributed by atoms with E-state index in [1.165, 1.54) is 12.8 Å². The molecule has 0 radical (unpaired) electrons. The van der Waals surface area contributed by atoms with E-state index in [2.05, 4.69) is 57.1 Å². The summed E-state index contributed by atoms with van der Waals surface area (Å²) < 4.78 is 3.88. The predicted molar refractivity (Wildman–Crippen MR) is 104 cm³/mol. The van der Waals surface area contributed by atoms with Gasteiger partial charge in [0.1, 0.15) is 6.33 Å². The van der Waals surface area contributed by atoms with Gasteiger partial charge in [0, 0.05) is 30.7 Å². The monoisotopic (exact) mass is 371 g/mol. The molecule has 7 nitrogen and oxygen atoms in total. The Morgan fingerprint density at radius 3 is 2.73 bits per heavy atom. The summed E-state index contributed by atoms with van der Waals surface area (Å²) in [6.45, 7) is 4.31. The van der Waals surface area contributed by atoms with Gasteiger partial charge in [-0.3, -0.25) is 0 Å². The smallest absolute Gasteiger partial charge is 0.200 e. The summed E-state index contributed by atoms with van der Waals surface area (Å²) in [5.74, 6) is 0.368. The molecule has 1 fully saturated rings. The maximum Gasteiger partial charge on any atom is 0.200 e. The average molecular weight is 372 g/mol. The van der Waals surface area contributed by atoms with Crippen molar-refractivity contribution in [3.8, 4) is 0 Å². The molecule has 3 aromatic rings. The molecule has 4 rings (SSSR count). The van der Waals surface area contributed by atoms with E-state index < -0.39 is 0 Å². The number of anilines is 1. The standard InChI is InChI=1S/C18H25N7S/c1-12(2)15-10-16(17-22-20-11-25(17)23-15)21-13-4-6-14(7-5-13)26-18-19-8-9-24(18)3/h8-14,21H,4-7H2,1-3H3. The van der Waals surface area contributed by atoms with E-state index in [1.807, 2.05) is 24.2 Å². The molecule has 0 spiro atoms. The number of nitrogens with zero attached hydrogens (tertiary/aromatic N) is 6. The van der Waals surface area contributed by atoms with Crippen molar-refractivity contribution < 1.29 is 0 Å². The fourth-order valence-electron chi connectivity index (χ4n) is 3.39. The first kappa shape index (κ1) is 17.3. The molecule has 138 valence electrons. The highest BCUT2D eigenvalue weighted by Gasteiger charge is 2.24. The summed E-state index contributed by atoms with van der Waals surface area (Å²) in [5, 5.41) is 18.3. The van der Waals surface area contributed by atoms with Crippen molar-refractivity contribution in [1.29, 1.82) is 0 Å². The quantitative estimate of drug-likeness (QED) is 0.740. The Morgan fingerprint density at radius 2 is 2.04 bits per heavy atom. The fraction of sp³-hybridized carbons (Fsp3) is 0.556. The van der Waals surface area contributed by atoms with Crippen LogP contribution in [0, 0.1) is 0 Å². The van der Waals surface area contributed by atoms with E-state index in [0.29, 0.717) is 17.2 Å². The maximum atomic E-state index is 4.59. The van der Waals surface area contributed by atoms with Crippen LogP contribution in [0.5, 0.6) is 0 Å². The van der Waals surface area contributed by atoms with Crippen molar-refractivity contribution in [2.24, 2.45) is 7.05 Å². The molecule has 0 aliphatic heterocycles. The number of aromatic nitrogens is 6. The Labute approximate surface area is 157 Å². The zero-order chi connectivity index (χ0) is 18.1. The van der Waals surface area contributed by atoms with E-state index in [4.69, 9.17) is 0 Å². The van der Waals surface area contributed by atoms with Gasteiger partial charge in [-0.05, 0) is 37.7 Å².